The van der Waals surface area contributed by atoms with Gasteiger partial charge in [-0.05, 0) is 19.9 Å². The molecular weight excluding hydrogens is 1000 g/mol. The Balaban J connectivity index is -0.000000930. The van der Waals surface area contributed by atoms with E-state index in [-0.39, 0.29) is 21.7 Å². The first-order chi connectivity index (χ1) is 32.3. The summed E-state index contributed by atoms with van der Waals surface area (Å²) in [5, 5.41) is 3.50. The van der Waals surface area contributed by atoms with Crippen molar-refractivity contribution in [2.24, 2.45) is 6.66 Å². The Morgan fingerprint density at radius 1 is 0.397 bits per heavy atom. The second-order valence-electron chi connectivity index (χ2n) is 19.0. The normalized spacial score (nSPS) is 14.6. The van der Waals surface area contributed by atoms with E-state index in [1.54, 1.807) is 14.1 Å². The largest absolute Gasteiger partial charge is 0.668 e. The Hall–Kier alpha value is 0.838. The van der Waals surface area contributed by atoms with E-state index < -0.39 is 31.1 Å². The standard InChI is InChI=1S/C28H59N3.C11H24.2C4H8BN3.C2H6N.CH3.4ClH.2Ti/c1-4-6-8-10-12-14-16-18-20-22-24-30-26-29(3)27-31(28-30)25-23-21-19-17-15-13-11-9-7-5-2;1-3-5-7-9-11-10-8-6-4-2;2*1-7-3-4-8(2)5(7)6;1-3-2;;;;;;;/h4-28H2,1-3H3;3-11H2,1-2H3;2*3-4H,1-2H3;1-2H3;1H3;4*1H;;/q;;;;2*-1;;;;;2*+2/p-4. The van der Waals surface area contributed by atoms with Crippen molar-refractivity contribution in [1.29, 1.82) is 0 Å². The van der Waals surface area contributed by atoms with E-state index in [4.69, 9.17) is 37.2 Å². The van der Waals surface area contributed by atoms with E-state index >= 15 is 0 Å². The third-order valence-electron chi connectivity index (χ3n) is 12.1. The van der Waals surface area contributed by atoms with E-state index in [1.807, 2.05) is 72.2 Å². The van der Waals surface area contributed by atoms with Gasteiger partial charge < -0.3 is 12.7 Å². The second-order valence-corrected chi connectivity index (χ2v) is 28.9. The molecule has 3 rings (SSSR count). The van der Waals surface area contributed by atoms with Gasteiger partial charge in [-0.25, -0.2) is 0 Å². The van der Waals surface area contributed by atoms with Crippen molar-refractivity contribution in [3.63, 3.8) is 0 Å². The Kier molecular flexibility index (Phi) is 58.2. The summed E-state index contributed by atoms with van der Waals surface area (Å²) in [4.78, 5) is 15.7. The van der Waals surface area contributed by atoms with Crippen LogP contribution in [0.1, 0.15) is 214 Å². The maximum atomic E-state index is 5.67. The summed E-state index contributed by atoms with van der Waals surface area (Å²) in [6.45, 7) is 15.2. The molecule has 0 bridgehead atoms. The molecule has 0 spiro atoms. The van der Waals surface area contributed by atoms with Gasteiger partial charge in [0.2, 0.25) is 0 Å². The van der Waals surface area contributed by atoms with Crippen LogP contribution in [0.4, 0.5) is 0 Å². The summed E-state index contributed by atoms with van der Waals surface area (Å²) < 4.78 is 8.45. The Morgan fingerprint density at radius 3 is 0.809 bits per heavy atom. The molecule has 0 radical (unpaired) electrons. The molecule has 0 aromatic heterocycles. The second kappa shape index (κ2) is 54.1. The van der Waals surface area contributed by atoms with Crippen molar-refractivity contribution in [2.45, 2.75) is 214 Å². The van der Waals surface area contributed by atoms with Crippen LogP contribution in [0.5, 0.6) is 0 Å². The van der Waals surface area contributed by atoms with Crippen molar-refractivity contribution in [3.8, 4) is 0 Å². The fraction of sp³-hybridized carbons (Fsp3) is 0.900. The van der Waals surface area contributed by atoms with Gasteiger partial charge in [0, 0.05) is 13.1 Å². The zero-order valence-corrected chi connectivity index (χ0v) is 52.6. The summed E-state index contributed by atoms with van der Waals surface area (Å²) in [7, 11) is 36.3. The van der Waals surface area contributed by atoms with Crippen LogP contribution >= 0.6 is 37.2 Å². The average molecular weight is 1110 g/mol. The average Bonchev–Trinajstić information content (AvgIpc) is 3.78. The molecule has 0 N–H and O–H groups in total. The molecule has 0 amide bonds. The molecule has 10 nitrogen and oxygen atoms in total. The van der Waals surface area contributed by atoms with Crippen LogP contribution in [0.3, 0.4) is 0 Å². The monoisotopic (exact) mass is 1110 g/mol. The van der Waals surface area contributed by atoms with Crippen molar-refractivity contribution >= 4 is 51.5 Å². The number of hydrogen-bond acceptors (Lipinski definition) is 9. The number of rotatable bonds is 32. The van der Waals surface area contributed by atoms with E-state index in [0.29, 0.717) is 0 Å². The van der Waals surface area contributed by atoms with E-state index in [2.05, 4.69) is 61.4 Å². The maximum absolute atomic E-state index is 5.67. The van der Waals surface area contributed by atoms with Crippen LogP contribution in [0, 0.1) is 7.43 Å². The van der Waals surface area contributed by atoms with Crippen LogP contribution in [0.25, 0.3) is 5.32 Å². The van der Waals surface area contributed by atoms with Crippen LogP contribution < -0.4 is 0 Å². The Labute approximate surface area is 453 Å². The molecule has 1 saturated heterocycles. The SMILES string of the molecule is CCCCCCCCCCC.CCCCCCCCCCCCN1CN(C)CN(CCCCCCCCCCCC)C1.CN1C=CN(C)B1[N]=[Ti]([Cl])[Cl].CN1C=CN(C)B1[N]=[Ti]([Cl])[Cl].C[N-]C.[CH3-]. The van der Waals surface area contributed by atoms with Gasteiger partial charge in [0.05, 0.1) is 20.0 Å². The minimum Gasteiger partial charge on any atom is -0.668 e. The molecule has 0 saturated carbocycles. The summed E-state index contributed by atoms with van der Waals surface area (Å²) in [6, 6.07) is 0. The van der Waals surface area contributed by atoms with E-state index in [0.717, 1.165) is 13.3 Å². The molecule has 18 heteroatoms. The molecule has 3 heterocycles. The molecule has 3 aliphatic heterocycles. The quantitative estimate of drug-likeness (QED) is 0.0378. The first-order valence-electron chi connectivity index (χ1n) is 26.9. The number of halogens is 4. The Bertz CT molecular complexity index is 1090. The van der Waals surface area contributed by atoms with Crippen LogP contribution in [-0.4, -0.2) is 131 Å². The van der Waals surface area contributed by atoms with Gasteiger partial charge in [-0.1, -0.05) is 201 Å². The van der Waals surface area contributed by atoms with E-state index in [1.165, 1.54) is 206 Å². The summed E-state index contributed by atoms with van der Waals surface area (Å²) in [6.07, 6.45) is 49.4. The van der Waals surface area contributed by atoms with Gasteiger partial charge in [0.15, 0.2) is 0 Å². The maximum Gasteiger partial charge on any atom is -0.162 e. The van der Waals surface area contributed by atoms with Crippen LogP contribution in [-0.2, 0) is 31.1 Å². The molecule has 0 atom stereocenters. The van der Waals surface area contributed by atoms with Gasteiger partial charge in [-0.2, -0.15) is 14.1 Å². The molecule has 402 valence electrons. The third-order valence-corrected chi connectivity index (χ3v) is 15.0. The number of nitrogens with zero attached hydrogens (tertiary/aromatic N) is 10. The van der Waals surface area contributed by atoms with Gasteiger partial charge in [0.25, 0.3) is 0 Å². The minimum atomic E-state index is -2.09. The van der Waals surface area contributed by atoms with Crippen LogP contribution in [0.15, 0.2) is 31.5 Å². The first-order valence-corrected chi connectivity index (χ1v) is 36.9. The summed E-state index contributed by atoms with van der Waals surface area (Å²) in [5.74, 6) is 0. The van der Waals surface area contributed by atoms with E-state index in [9.17, 15) is 0 Å². The molecule has 0 aliphatic carbocycles. The fourth-order valence-corrected chi connectivity index (χ4v) is 11.4. The van der Waals surface area contributed by atoms with Gasteiger partial charge in [-0.3, -0.25) is 14.7 Å². The number of hydrogen-bond donors (Lipinski definition) is 0. The zero-order chi connectivity index (χ0) is 50.3. The van der Waals surface area contributed by atoms with Crippen molar-refractivity contribution in [2.75, 3.05) is 82.4 Å². The summed E-state index contributed by atoms with van der Waals surface area (Å²) in [5.41, 5.74) is 0. The van der Waals surface area contributed by atoms with Crippen molar-refractivity contribution < 1.29 is 31.1 Å². The molecule has 68 heavy (non-hydrogen) atoms. The molecule has 0 aromatic carbocycles. The Morgan fingerprint density at radius 2 is 0.603 bits per heavy atom. The van der Waals surface area contributed by atoms with Gasteiger partial charge in [-0.15, -0.1) is 0 Å². The predicted molar refractivity (Wildman–Crippen MR) is 303 cm³/mol. The van der Waals surface area contributed by atoms with Gasteiger partial charge in [0.1, 0.15) is 0 Å². The summed E-state index contributed by atoms with van der Waals surface area (Å²) >= 11 is -4.19. The zero-order valence-electron chi connectivity index (χ0n) is 46.5. The molecule has 1 fully saturated rings. The van der Waals surface area contributed by atoms with Crippen LogP contribution in [0.2, 0.25) is 0 Å². The fourth-order valence-electron chi connectivity index (χ4n) is 8.25. The number of unbranched alkanes of at least 4 members (excludes halogenated alkanes) is 26. The third kappa shape index (κ3) is 46.6. The van der Waals surface area contributed by atoms with Gasteiger partial charge >= 0.3 is 161 Å². The topological polar surface area (TPSA) is 61.5 Å². The molecule has 0 aromatic rings. The smallest absolute Gasteiger partial charge is 0.162 e. The first kappa shape index (κ1) is 73.1. The minimum absolute atomic E-state index is 0. The molecule has 3 aliphatic rings. The predicted octanol–water partition coefficient (Wildman–Crippen LogP) is 16.7. The molecular formula is C50H108B2Cl4N10Ti2-2. The van der Waals surface area contributed by atoms with Crippen molar-refractivity contribution in [3.05, 3.63) is 37.5 Å². The van der Waals surface area contributed by atoms with Crippen molar-refractivity contribution in [1.82, 2.24) is 33.9 Å². The molecule has 0 unspecified atom stereocenters.